The van der Waals surface area contributed by atoms with Crippen molar-refractivity contribution in [1.82, 2.24) is 0 Å². The van der Waals surface area contributed by atoms with Crippen molar-refractivity contribution in [3.8, 4) is 0 Å². The molecule has 4 fully saturated rings. The highest BCUT2D eigenvalue weighted by molar-refractivity contribution is 5.07. The first-order chi connectivity index (χ1) is 12.3. The summed E-state index contributed by atoms with van der Waals surface area (Å²) >= 11 is 0. The minimum absolute atomic E-state index is 0.388. The molecule has 0 amide bonds. The van der Waals surface area contributed by atoms with Gasteiger partial charge in [0.2, 0.25) is 0 Å². The van der Waals surface area contributed by atoms with Crippen LogP contribution in [0, 0.1) is 46.3 Å². The van der Waals surface area contributed by atoms with Gasteiger partial charge in [0, 0.05) is 13.2 Å². The van der Waals surface area contributed by atoms with Crippen molar-refractivity contribution < 1.29 is 5.11 Å². The third-order valence-electron chi connectivity index (χ3n) is 9.69. The molecule has 9 unspecified atom stereocenters. The second-order valence-corrected chi connectivity index (χ2v) is 11.1. The maximum Gasteiger partial charge on any atom is 0.0319 e. The van der Waals surface area contributed by atoms with E-state index < -0.39 is 0 Å². The molecule has 2 nitrogen and oxygen atoms in total. The molecule has 0 saturated heterocycles. The largest absolute Gasteiger partial charge is 0.400 e. The average Bonchev–Trinajstić information content (AvgIpc) is 2.61. The molecular formula is C24H45NO. The number of hydrogen-bond donors (Lipinski definition) is 2. The lowest BCUT2D eigenvalue weighted by molar-refractivity contribution is -0.135. The van der Waals surface area contributed by atoms with Gasteiger partial charge in [-0.15, -0.1) is 0 Å². The van der Waals surface area contributed by atoms with Gasteiger partial charge in [-0.2, -0.15) is 0 Å². The highest BCUT2D eigenvalue weighted by atomic mass is 16.2. The van der Waals surface area contributed by atoms with Gasteiger partial charge in [-0.25, -0.2) is 0 Å². The van der Waals surface area contributed by atoms with Crippen LogP contribution in [-0.2, 0) is 0 Å². The number of fused-ring (bicyclic) bond motifs is 5. The zero-order valence-corrected chi connectivity index (χ0v) is 18.1. The van der Waals surface area contributed by atoms with Gasteiger partial charge in [-0.3, -0.25) is 0 Å². The standard InChI is InChI=1S/C23H41N.CH4O/c1-15-8-9-20-17-11-13-23(4)19(16(2)24)6-5-7-21(23)18(17)10-12-22(20,3)14-15;1-2/h15-21H,5-14,24H2,1-4H3;2H,1H3. The number of aliphatic hydroxyl groups excluding tert-OH is 1. The number of rotatable bonds is 1. The van der Waals surface area contributed by atoms with Crippen molar-refractivity contribution in [2.45, 2.75) is 97.9 Å². The second-order valence-electron chi connectivity index (χ2n) is 11.1. The van der Waals surface area contributed by atoms with Gasteiger partial charge in [0.05, 0.1) is 0 Å². The van der Waals surface area contributed by atoms with Gasteiger partial charge in [0.15, 0.2) is 0 Å². The van der Waals surface area contributed by atoms with E-state index in [1.807, 2.05) is 0 Å². The fraction of sp³-hybridized carbons (Fsp3) is 1.00. The highest BCUT2D eigenvalue weighted by Gasteiger charge is 2.57. The summed E-state index contributed by atoms with van der Waals surface area (Å²) in [6.07, 6.45) is 14.9. The third kappa shape index (κ3) is 3.28. The topological polar surface area (TPSA) is 46.2 Å². The minimum Gasteiger partial charge on any atom is -0.400 e. The van der Waals surface area contributed by atoms with Crippen LogP contribution in [0.4, 0.5) is 0 Å². The van der Waals surface area contributed by atoms with Gasteiger partial charge in [0.25, 0.3) is 0 Å². The SMILES string of the molecule is CC1CCC2C3CCC4(C)C(C(C)N)CCCC4C3CCC2(C)C1.CO. The molecule has 152 valence electrons. The zero-order valence-electron chi connectivity index (χ0n) is 18.1. The second kappa shape index (κ2) is 7.74. The predicted octanol–water partition coefficient (Wildman–Crippen LogP) is 5.63. The molecule has 0 radical (unpaired) electrons. The van der Waals surface area contributed by atoms with Crippen LogP contribution in [0.3, 0.4) is 0 Å². The van der Waals surface area contributed by atoms with Crippen LogP contribution in [0.25, 0.3) is 0 Å². The molecule has 4 aliphatic rings. The molecule has 0 aliphatic heterocycles. The van der Waals surface area contributed by atoms with Crippen LogP contribution < -0.4 is 5.73 Å². The molecule has 0 heterocycles. The summed E-state index contributed by atoms with van der Waals surface area (Å²) in [5.74, 6) is 5.82. The van der Waals surface area contributed by atoms with E-state index in [4.69, 9.17) is 10.8 Å². The Morgan fingerprint density at radius 3 is 2.23 bits per heavy atom. The van der Waals surface area contributed by atoms with Gasteiger partial charge in [-0.05, 0) is 105 Å². The Morgan fingerprint density at radius 1 is 0.885 bits per heavy atom. The van der Waals surface area contributed by atoms with Crippen LogP contribution in [0.2, 0.25) is 0 Å². The van der Waals surface area contributed by atoms with Crippen molar-refractivity contribution in [1.29, 1.82) is 0 Å². The van der Waals surface area contributed by atoms with Crippen molar-refractivity contribution >= 4 is 0 Å². The zero-order chi connectivity index (χ0) is 19.1. The summed E-state index contributed by atoms with van der Waals surface area (Å²) in [6, 6.07) is 0.388. The molecule has 0 aromatic heterocycles. The molecule has 4 rings (SSSR count). The van der Waals surface area contributed by atoms with Crippen LogP contribution in [0.5, 0.6) is 0 Å². The lowest BCUT2D eigenvalue weighted by atomic mass is 9.42. The normalized spacial score (nSPS) is 51.8. The predicted molar refractivity (Wildman–Crippen MR) is 111 cm³/mol. The van der Waals surface area contributed by atoms with E-state index in [9.17, 15) is 0 Å². The summed E-state index contributed by atoms with van der Waals surface area (Å²) in [5.41, 5.74) is 7.68. The van der Waals surface area contributed by atoms with E-state index in [0.29, 0.717) is 16.9 Å². The molecule has 2 heteroatoms. The van der Waals surface area contributed by atoms with E-state index in [1.54, 1.807) is 0 Å². The minimum atomic E-state index is 0.388. The van der Waals surface area contributed by atoms with Crippen LogP contribution >= 0.6 is 0 Å². The molecule has 0 aromatic rings. The quantitative estimate of drug-likeness (QED) is 0.634. The summed E-state index contributed by atoms with van der Waals surface area (Å²) in [6.45, 7) is 10.1. The molecule has 0 aromatic carbocycles. The Labute approximate surface area is 162 Å². The lowest BCUT2D eigenvalue weighted by Gasteiger charge is -2.63. The highest BCUT2D eigenvalue weighted by Crippen LogP contribution is 2.65. The van der Waals surface area contributed by atoms with Gasteiger partial charge < -0.3 is 10.8 Å². The molecule has 4 aliphatic carbocycles. The van der Waals surface area contributed by atoms with Gasteiger partial charge in [-0.1, -0.05) is 33.6 Å². The number of aliphatic hydroxyl groups is 1. The summed E-state index contributed by atoms with van der Waals surface area (Å²) in [7, 11) is 1.00. The molecule has 0 bridgehead atoms. The maximum atomic E-state index is 7.00. The Hall–Kier alpha value is -0.0800. The van der Waals surface area contributed by atoms with Crippen molar-refractivity contribution in [3.63, 3.8) is 0 Å². The van der Waals surface area contributed by atoms with Crippen molar-refractivity contribution in [2.24, 2.45) is 52.1 Å². The summed E-state index contributed by atoms with van der Waals surface area (Å²) in [4.78, 5) is 0. The van der Waals surface area contributed by atoms with Gasteiger partial charge >= 0.3 is 0 Å². The van der Waals surface area contributed by atoms with Crippen LogP contribution in [-0.4, -0.2) is 18.3 Å². The molecule has 3 N–H and O–H groups in total. The van der Waals surface area contributed by atoms with E-state index in [2.05, 4.69) is 27.7 Å². The molecule has 4 saturated carbocycles. The van der Waals surface area contributed by atoms with Crippen LogP contribution in [0.15, 0.2) is 0 Å². The van der Waals surface area contributed by atoms with E-state index in [0.717, 1.165) is 42.6 Å². The molecule has 9 atom stereocenters. The molecule has 0 spiro atoms. The van der Waals surface area contributed by atoms with E-state index in [1.165, 1.54) is 64.2 Å². The van der Waals surface area contributed by atoms with E-state index >= 15 is 0 Å². The maximum absolute atomic E-state index is 7.00. The Morgan fingerprint density at radius 2 is 1.54 bits per heavy atom. The number of nitrogens with two attached hydrogens (primary N) is 1. The smallest absolute Gasteiger partial charge is 0.0319 e. The fourth-order valence-electron chi connectivity index (χ4n) is 8.71. The first-order valence-electron chi connectivity index (χ1n) is 11.6. The Bertz CT molecular complexity index is 477. The fourth-order valence-corrected chi connectivity index (χ4v) is 8.71. The average molecular weight is 364 g/mol. The monoisotopic (exact) mass is 363 g/mol. The van der Waals surface area contributed by atoms with Gasteiger partial charge in [0.1, 0.15) is 0 Å². The first-order valence-corrected chi connectivity index (χ1v) is 11.6. The molecular weight excluding hydrogens is 318 g/mol. The van der Waals surface area contributed by atoms with E-state index in [-0.39, 0.29) is 0 Å². The summed E-state index contributed by atoms with van der Waals surface area (Å²) in [5, 5.41) is 7.00. The summed E-state index contributed by atoms with van der Waals surface area (Å²) < 4.78 is 0. The first kappa shape index (κ1) is 20.6. The van der Waals surface area contributed by atoms with Crippen LogP contribution in [0.1, 0.15) is 91.9 Å². The van der Waals surface area contributed by atoms with Crippen molar-refractivity contribution in [3.05, 3.63) is 0 Å². The lowest BCUT2D eigenvalue weighted by Crippen LogP contribution is -2.56. The third-order valence-corrected chi connectivity index (χ3v) is 9.69. The Kier molecular flexibility index (Phi) is 6.15. The number of hydrogen-bond acceptors (Lipinski definition) is 2. The molecule has 26 heavy (non-hydrogen) atoms. The van der Waals surface area contributed by atoms with Crippen molar-refractivity contribution in [2.75, 3.05) is 7.11 Å². The Balaban J connectivity index is 0.000000948.